The Morgan fingerprint density at radius 3 is 3.03 bits per heavy atom. The van der Waals surface area contributed by atoms with E-state index in [4.69, 9.17) is 0 Å². The zero-order valence-corrected chi connectivity index (χ0v) is 15.6. The summed E-state index contributed by atoms with van der Waals surface area (Å²) in [7, 11) is 0. The molecule has 8 heteroatoms. The number of nitrogens with one attached hydrogen (secondary N) is 3. The largest absolute Gasteiger partial charge is 0.506 e. The Hall–Kier alpha value is -3.65. The fraction of sp³-hybridized carbons (Fsp3) is 0.190. The van der Waals surface area contributed by atoms with E-state index in [0.29, 0.717) is 23.3 Å². The van der Waals surface area contributed by atoms with E-state index < -0.39 is 0 Å². The first-order valence-electron chi connectivity index (χ1n) is 9.52. The molecule has 5 rings (SSSR count). The first-order valence-corrected chi connectivity index (χ1v) is 9.52. The molecule has 0 bridgehead atoms. The van der Waals surface area contributed by atoms with Crippen molar-refractivity contribution < 1.29 is 9.90 Å². The van der Waals surface area contributed by atoms with Gasteiger partial charge in [0, 0.05) is 23.4 Å². The van der Waals surface area contributed by atoms with Crippen LogP contribution in [-0.4, -0.2) is 37.1 Å². The third-order valence-corrected chi connectivity index (χ3v) is 5.12. The van der Waals surface area contributed by atoms with Gasteiger partial charge in [0.1, 0.15) is 17.1 Å². The topological polar surface area (TPSA) is 108 Å². The number of carbonyl (C=O) groups is 1. The number of anilines is 1. The van der Waals surface area contributed by atoms with E-state index in [-0.39, 0.29) is 11.7 Å². The summed E-state index contributed by atoms with van der Waals surface area (Å²) in [5.41, 5.74) is 4.16. The molecule has 0 saturated carbocycles. The minimum atomic E-state index is -0.286. The van der Waals surface area contributed by atoms with Gasteiger partial charge in [0.25, 0.3) is 5.91 Å². The number of aromatic nitrogens is 4. The highest BCUT2D eigenvalue weighted by molar-refractivity contribution is 6.07. The van der Waals surface area contributed by atoms with Crippen LogP contribution in [-0.2, 0) is 13.1 Å². The maximum atomic E-state index is 12.9. The number of amides is 1. The van der Waals surface area contributed by atoms with Crippen LogP contribution < -0.4 is 10.6 Å². The quantitative estimate of drug-likeness (QED) is 0.432. The highest BCUT2D eigenvalue weighted by atomic mass is 16.3. The number of phenols is 1. The average molecular weight is 388 g/mol. The van der Waals surface area contributed by atoms with Gasteiger partial charge >= 0.3 is 0 Å². The number of carbonyl (C=O) groups excluding carboxylic acids is 1. The normalized spacial score (nSPS) is 13.8. The van der Waals surface area contributed by atoms with Gasteiger partial charge in [-0.2, -0.15) is 0 Å². The number of hydrogen-bond acceptors (Lipinski definition) is 5. The molecule has 8 nitrogen and oxygen atoms in total. The molecule has 3 heterocycles. The van der Waals surface area contributed by atoms with Gasteiger partial charge in [-0.25, -0.2) is 9.97 Å². The van der Waals surface area contributed by atoms with Crippen LogP contribution in [0.5, 0.6) is 5.75 Å². The SMILES string of the molecule is O=C(Nc1cccc(-c2cnc[nH]2)c1)c1cc(O)c2nc3n(c2c1)CCCNC3. The summed E-state index contributed by atoms with van der Waals surface area (Å²) in [6.07, 6.45) is 4.31. The second-order valence-electron chi connectivity index (χ2n) is 7.07. The summed E-state index contributed by atoms with van der Waals surface area (Å²) >= 11 is 0. The van der Waals surface area contributed by atoms with E-state index in [9.17, 15) is 9.90 Å². The monoisotopic (exact) mass is 388 g/mol. The Bertz CT molecular complexity index is 1200. The second kappa shape index (κ2) is 7.06. The molecule has 1 aliphatic heterocycles. The van der Waals surface area contributed by atoms with Crippen molar-refractivity contribution in [2.75, 3.05) is 11.9 Å². The first kappa shape index (κ1) is 17.4. The predicted molar refractivity (Wildman–Crippen MR) is 110 cm³/mol. The van der Waals surface area contributed by atoms with Crippen molar-refractivity contribution in [2.45, 2.75) is 19.5 Å². The fourth-order valence-electron chi connectivity index (χ4n) is 3.71. The molecule has 0 atom stereocenters. The molecule has 0 radical (unpaired) electrons. The van der Waals surface area contributed by atoms with Crippen LogP contribution in [0.3, 0.4) is 0 Å². The maximum Gasteiger partial charge on any atom is 0.255 e. The lowest BCUT2D eigenvalue weighted by atomic mass is 10.1. The summed E-state index contributed by atoms with van der Waals surface area (Å²) in [6.45, 7) is 2.37. The van der Waals surface area contributed by atoms with Crippen molar-refractivity contribution in [3.8, 4) is 17.0 Å². The number of imidazole rings is 2. The molecule has 0 unspecified atom stereocenters. The van der Waals surface area contributed by atoms with Gasteiger partial charge in [0.2, 0.25) is 0 Å². The van der Waals surface area contributed by atoms with Crippen LogP contribution in [0.2, 0.25) is 0 Å². The third-order valence-electron chi connectivity index (χ3n) is 5.12. The molecule has 4 aromatic rings. The molecule has 2 aromatic heterocycles. The molecule has 146 valence electrons. The van der Waals surface area contributed by atoms with Crippen LogP contribution in [0.25, 0.3) is 22.3 Å². The van der Waals surface area contributed by atoms with Gasteiger partial charge in [-0.3, -0.25) is 4.79 Å². The van der Waals surface area contributed by atoms with Gasteiger partial charge in [-0.1, -0.05) is 12.1 Å². The molecule has 0 saturated heterocycles. The van der Waals surface area contributed by atoms with E-state index in [1.807, 2.05) is 24.3 Å². The third kappa shape index (κ3) is 3.23. The lowest BCUT2D eigenvalue weighted by Crippen LogP contribution is -2.12. The number of phenolic OH excluding ortho intramolecular Hbond substituents is 1. The van der Waals surface area contributed by atoms with E-state index >= 15 is 0 Å². The molecule has 0 aliphatic carbocycles. The predicted octanol–water partition coefficient (Wildman–Crippen LogP) is 2.88. The lowest BCUT2D eigenvalue weighted by molar-refractivity contribution is 0.102. The van der Waals surface area contributed by atoms with Crippen molar-refractivity contribution in [3.05, 3.63) is 60.3 Å². The number of aryl methyl sites for hydroxylation is 1. The smallest absolute Gasteiger partial charge is 0.255 e. The van der Waals surface area contributed by atoms with Crippen LogP contribution in [0.4, 0.5) is 5.69 Å². The number of hydrogen-bond donors (Lipinski definition) is 4. The maximum absolute atomic E-state index is 12.9. The molecule has 2 aromatic carbocycles. The van der Waals surface area contributed by atoms with Crippen molar-refractivity contribution in [3.63, 3.8) is 0 Å². The summed E-state index contributed by atoms with van der Waals surface area (Å²) in [4.78, 5) is 24.5. The number of aromatic amines is 1. The van der Waals surface area contributed by atoms with Crippen molar-refractivity contribution in [1.29, 1.82) is 0 Å². The number of benzene rings is 2. The number of rotatable bonds is 3. The van der Waals surface area contributed by atoms with E-state index in [1.165, 1.54) is 6.07 Å². The van der Waals surface area contributed by atoms with E-state index in [0.717, 1.165) is 42.1 Å². The van der Waals surface area contributed by atoms with Crippen LogP contribution in [0, 0.1) is 0 Å². The van der Waals surface area contributed by atoms with Crippen molar-refractivity contribution in [1.82, 2.24) is 24.8 Å². The van der Waals surface area contributed by atoms with Crippen molar-refractivity contribution in [2.24, 2.45) is 0 Å². The van der Waals surface area contributed by atoms with Gasteiger partial charge < -0.3 is 25.3 Å². The summed E-state index contributed by atoms with van der Waals surface area (Å²) in [6, 6.07) is 10.8. The van der Waals surface area contributed by atoms with Gasteiger partial charge in [0.15, 0.2) is 0 Å². The van der Waals surface area contributed by atoms with E-state index in [2.05, 4.69) is 30.2 Å². The molecule has 0 fully saturated rings. The highest BCUT2D eigenvalue weighted by Crippen LogP contribution is 2.29. The van der Waals surface area contributed by atoms with Crippen LogP contribution in [0.15, 0.2) is 48.9 Å². The fourth-order valence-corrected chi connectivity index (χ4v) is 3.71. The number of fused-ring (bicyclic) bond motifs is 3. The lowest BCUT2D eigenvalue weighted by Gasteiger charge is -2.09. The number of aromatic hydroxyl groups is 1. The standard InChI is InChI=1S/C21H20N6O2/c28-18-9-14(8-17-20(18)26-19-11-22-5-2-6-27(17)19)21(29)25-15-4-1-3-13(7-15)16-10-23-12-24-16/h1,3-4,7-10,12,22,28H,2,5-6,11H2,(H,23,24)(H,25,29). The van der Waals surface area contributed by atoms with Gasteiger partial charge in [-0.05, 0) is 37.2 Å². The van der Waals surface area contributed by atoms with Gasteiger partial charge in [-0.15, -0.1) is 0 Å². The minimum absolute atomic E-state index is 0.0134. The summed E-state index contributed by atoms with van der Waals surface area (Å²) in [5, 5.41) is 16.7. The molecule has 0 spiro atoms. The van der Waals surface area contributed by atoms with Crippen molar-refractivity contribution >= 4 is 22.6 Å². The van der Waals surface area contributed by atoms with Gasteiger partial charge in [0.05, 0.1) is 30.3 Å². The average Bonchev–Trinajstić information content (AvgIpc) is 3.31. The van der Waals surface area contributed by atoms with Crippen LogP contribution in [0.1, 0.15) is 22.6 Å². The Morgan fingerprint density at radius 1 is 1.24 bits per heavy atom. The minimum Gasteiger partial charge on any atom is -0.506 e. The molecular formula is C21H20N6O2. The number of nitrogens with zero attached hydrogens (tertiary/aromatic N) is 3. The number of H-pyrrole nitrogens is 1. The highest BCUT2D eigenvalue weighted by Gasteiger charge is 2.18. The second-order valence-corrected chi connectivity index (χ2v) is 7.07. The zero-order chi connectivity index (χ0) is 19.8. The van der Waals surface area contributed by atoms with E-state index in [1.54, 1.807) is 18.6 Å². The zero-order valence-electron chi connectivity index (χ0n) is 15.6. The Balaban J connectivity index is 1.47. The Morgan fingerprint density at radius 2 is 2.17 bits per heavy atom. The molecular weight excluding hydrogens is 368 g/mol. The molecule has 4 N–H and O–H groups in total. The molecule has 1 aliphatic rings. The van der Waals surface area contributed by atoms with Crippen LogP contribution >= 0.6 is 0 Å². The summed E-state index contributed by atoms with van der Waals surface area (Å²) < 4.78 is 2.07. The molecule has 29 heavy (non-hydrogen) atoms. The first-order chi connectivity index (χ1) is 14.2. The Labute approximate surface area is 166 Å². The molecule has 1 amide bonds. The summed E-state index contributed by atoms with van der Waals surface area (Å²) in [5.74, 6) is 0.600. The Kier molecular flexibility index (Phi) is 4.25.